The molecule has 0 spiro atoms. The minimum atomic E-state index is 0.294. The number of likely N-dealkylation sites (tertiary alicyclic amines) is 1. The van der Waals surface area contributed by atoms with Crippen molar-refractivity contribution < 1.29 is 4.79 Å². The first-order valence-electron chi connectivity index (χ1n) is 4.57. The van der Waals surface area contributed by atoms with Crippen LogP contribution in [0.1, 0.15) is 19.8 Å². The molecule has 1 heterocycles. The minimum absolute atomic E-state index is 0.294. The monoisotopic (exact) mass is 170 g/mol. The van der Waals surface area contributed by atoms with Crippen LogP contribution < -0.4 is 5.32 Å². The number of nitrogens with one attached hydrogen (secondary N) is 1. The van der Waals surface area contributed by atoms with Crippen LogP contribution >= 0.6 is 0 Å². The molecule has 0 aromatic carbocycles. The van der Waals surface area contributed by atoms with Crippen LogP contribution in [0, 0.1) is 5.92 Å². The van der Waals surface area contributed by atoms with E-state index in [1.54, 1.807) is 0 Å². The van der Waals surface area contributed by atoms with Gasteiger partial charge in [-0.1, -0.05) is 6.92 Å². The van der Waals surface area contributed by atoms with Gasteiger partial charge < -0.3 is 10.2 Å². The Morgan fingerprint density at radius 1 is 1.75 bits per heavy atom. The number of carbonyl (C=O) groups excluding carboxylic acids is 1. The number of hydrogen-bond acceptors (Lipinski definition) is 2. The minimum Gasteiger partial charge on any atom is -0.342 e. The SMILES string of the molecule is CNCC(C)C1CCC(=O)N1C. The van der Waals surface area contributed by atoms with E-state index in [1.165, 1.54) is 0 Å². The molecule has 1 aliphatic rings. The third-order valence-corrected chi connectivity index (χ3v) is 2.73. The van der Waals surface area contributed by atoms with E-state index in [1.807, 2.05) is 19.0 Å². The zero-order valence-corrected chi connectivity index (χ0v) is 8.13. The summed E-state index contributed by atoms with van der Waals surface area (Å²) >= 11 is 0. The van der Waals surface area contributed by atoms with Gasteiger partial charge in [-0.05, 0) is 25.9 Å². The summed E-state index contributed by atoms with van der Waals surface area (Å²) in [6, 6.07) is 0.449. The molecule has 0 bridgehead atoms. The maximum Gasteiger partial charge on any atom is 0.222 e. The molecule has 0 aromatic rings. The van der Waals surface area contributed by atoms with Gasteiger partial charge in [-0.25, -0.2) is 0 Å². The zero-order chi connectivity index (χ0) is 9.14. The molecule has 2 unspecified atom stereocenters. The lowest BCUT2D eigenvalue weighted by atomic mass is 10.00. The summed E-state index contributed by atoms with van der Waals surface area (Å²) in [6.45, 7) is 3.18. The van der Waals surface area contributed by atoms with E-state index in [0.717, 1.165) is 19.4 Å². The normalized spacial score (nSPS) is 26.4. The number of carbonyl (C=O) groups is 1. The Kier molecular flexibility index (Phi) is 3.09. The second-order valence-corrected chi connectivity index (χ2v) is 3.65. The standard InChI is InChI=1S/C9H18N2O/c1-7(6-10-2)8-4-5-9(12)11(8)3/h7-8,10H,4-6H2,1-3H3. The van der Waals surface area contributed by atoms with Gasteiger partial charge in [0.25, 0.3) is 0 Å². The van der Waals surface area contributed by atoms with E-state index < -0.39 is 0 Å². The number of amides is 1. The molecule has 0 radical (unpaired) electrons. The highest BCUT2D eigenvalue weighted by molar-refractivity contribution is 5.78. The highest BCUT2D eigenvalue weighted by Gasteiger charge is 2.30. The molecule has 1 fully saturated rings. The molecule has 0 aromatic heterocycles. The van der Waals surface area contributed by atoms with Crippen molar-refractivity contribution in [1.82, 2.24) is 10.2 Å². The summed E-state index contributed by atoms with van der Waals surface area (Å²) in [4.78, 5) is 13.1. The second kappa shape index (κ2) is 3.90. The van der Waals surface area contributed by atoms with E-state index in [4.69, 9.17) is 0 Å². The van der Waals surface area contributed by atoms with Gasteiger partial charge in [-0.2, -0.15) is 0 Å². The van der Waals surface area contributed by atoms with Crippen molar-refractivity contribution in [1.29, 1.82) is 0 Å². The molecule has 1 saturated heterocycles. The summed E-state index contributed by atoms with van der Waals surface area (Å²) in [5, 5.41) is 3.14. The van der Waals surface area contributed by atoms with Crippen LogP contribution in [0.2, 0.25) is 0 Å². The maximum absolute atomic E-state index is 11.2. The Balaban J connectivity index is 2.47. The van der Waals surface area contributed by atoms with Crippen molar-refractivity contribution in [3.05, 3.63) is 0 Å². The largest absolute Gasteiger partial charge is 0.342 e. The highest BCUT2D eigenvalue weighted by atomic mass is 16.2. The smallest absolute Gasteiger partial charge is 0.222 e. The van der Waals surface area contributed by atoms with E-state index in [2.05, 4.69) is 12.2 Å². The maximum atomic E-state index is 11.2. The lowest BCUT2D eigenvalue weighted by Gasteiger charge is -2.25. The van der Waals surface area contributed by atoms with Crippen molar-refractivity contribution in [2.24, 2.45) is 5.92 Å². The van der Waals surface area contributed by atoms with E-state index in [9.17, 15) is 4.79 Å². The van der Waals surface area contributed by atoms with Crippen LogP contribution in [0.5, 0.6) is 0 Å². The van der Waals surface area contributed by atoms with Gasteiger partial charge >= 0.3 is 0 Å². The Morgan fingerprint density at radius 3 is 2.83 bits per heavy atom. The predicted molar refractivity (Wildman–Crippen MR) is 48.9 cm³/mol. The molecule has 1 rings (SSSR count). The first kappa shape index (κ1) is 9.52. The van der Waals surface area contributed by atoms with Crippen molar-refractivity contribution in [3.8, 4) is 0 Å². The molecule has 70 valence electrons. The summed E-state index contributed by atoms with van der Waals surface area (Å²) < 4.78 is 0. The number of hydrogen-bond donors (Lipinski definition) is 1. The molecule has 2 atom stereocenters. The van der Waals surface area contributed by atoms with Crippen LogP contribution in [0.3, 0.4) is 0 Å². The Labute approximate surface area is 74.1 Å². The number of rotatable bonds is 3. The van der Waals surface area contributed by atoms with Gasteiger partial charge in [0.05, 0.1) is 0 Å². The fourth-order valence-electron chi connectivity index (χ4n) is 1.95. The Morgan fingerprint density at radius 2 is 2.42 bits per heavy atom. The third kappa shape index (κ3) is 1.78. The van der Waals surface area contributed by atoms with Crippen molar-refractivity contribution in [2.75, 3.05) is 20.6 Å². The fourth-order valence-corrected chi connectivity index (χ4v) is 1.95. The fraction of sp³-hybridized carbons (Fsp3) is 0.889. The average molecular weight is 170 g/mol. The predicted octanol–water partition coefficient (Wildman–Crippen LogP) is 0.463. The Bertz CT molecular complexity index is 170. The molecular weight excluding hydrogens is 152 g/mol. The molecule has 12 heavy (non-hydrogen) atoms. The number of nitrogens with zero attached hydrogens (tertiary/aromatic N) is 1. The van der Waals surface area contributed by atoms with Gasteiger partial charge in [-0.3, -0.25) is 4.79 Å². The van der Waals surface area contributed by atoms with Gasteiger partial charge in [0, 0.05) is 19.5 Å². The van der Waals surface area contributed by atoms with Crippen molar-refractivity contribution >= 4 is 5.91 Å². The molecule has 1 aliphatic heterocycles. The molecule has 3 nitrogen and oxygen atoms in total. The van der Waals surface area contributed by atoms with E-state index in [0.29, 0.717) is 17.9 Å². The Hall–Kier alpha value is -0.570. The molecular formula is C9H18N2O. The van der Waals surface area contributed by atoms with Crippen LogP contribution in [0.4, 0.5) is 0 Å². The second-order valence-electron chi connectivity index (χ2n) is 3.65. The average Bonchev–Trinajstić information content (AvgIpc) is 2.34. The molecule has 3 heteroatoms. The summed E-state index contributed by atoms with van der Waals surface area (Å²) in [7, 11) is 3.86. The molecule has 0 aliphatic carbocycles. The molecule has 1 amide bonds. The summed E-state index contributed by atoms with van der Waals surface area (Å²) in [6.07, 6.45) is 1.76. The van der Waals surface area contributed by atoms with Gasteiger partial charge in [-0.15, -0.1) is 0 Å². The van der Waals surface area contributed by atoms with Gasteiger partial charge in [0.15, 0.2) is 0 Å². The lowest BCUT2D eigenvalue weighted by Crippen LogP contribution is -2.37. The van der Waals surface area contributed by atoms with E-state index in [-0.39, 0.29) is 0 Å². The van der Waals surface area contributed by atoms with Crippen LogP contribution in [0.15, 0.2) is 0 Å². The van der Waals surface area contributed by atoms with Crippen LogP contribution in [-0.2, 0) is 4.79 Å². The first-order valence-corrected chi connectivity index (χ1v) is 4.57. The summed E-state index contributed by atoms with van der Waals surface area (Å²) in [5.41, 5.74) is 0. The van der Waals surface area contributed by atoms with Gasteiger partial charge in [0.2, 0.25) is 5.91 Å². The molecule has 1 N–H and O–H groups in total. The van der Waals surface area contributed by atoms with Gasteiger partial charge in [0.1, 0.15) is 0 Å². The van der Waals surface area contributed by atoms with Crippen molar-refractivity contribution in [2.45, 2.75) is 25.8 Å². The lowest BCUT2D eigenvalue weighted by molar-refractivity contribution is -0.128. The quantitative estimate of drug-likeness (QED) is 0.667. The van der Waals surface area contributed by atoms with Crippen LogP contribution in [-0.4, -0.2) is 37.5 Å². The topological polar surface area (TPSA) is 32.3 Å². The van der Waals surface area contributed by atoms with Crippen molar-refractivity contribution in [3.63, 3.8) is 0 Å². The highest BCUT2D eigenvalue weighted by Crippen LogP contribution is 2.22. The molecule has 0 saturated carbocycles. The zero-order valence-electron chi connectivity index (χ0n) is 8.13. The first-order chi connectivity index (χ1) is 5.66. The van der Waals surface area contributed by atoms with E-state index >= 15 is 0 Å². The summed E-state index contributed by atoms with van der Waals surface area (Å²) in [5.74, 6) is 0.856. The third-order valence-electron chi connectivity index (χ3n) is 2.73. The van der Waals surface area contributed by atoms with Crippen LogP contribution in [0.25, 0.3) is 0 Å².